The Morgan fingerprint density at radius 1 is 1.25 bits per heavy atom. The molecular weight excluding hydrogens is 269 g/mol. The number of halogens is 3. The molecule has 1 aromatic heterocycles. The first-order chi connectivity index (χ1) is 9.40. The Balaban J connectivity index is 2.33. The highest BCUT2D eigenvalue weighted by Crippen LogP contribution is 2.33. The Bertz CT molecular complexity index is 674. The third-order valence-electron chi connectivity index (χ3n) is 2.57. The van der Waals surface area contributed by atoms with E-state index in [-0.39, 0.29) is 22.9 Å². The van der Waals surface area contributed by atoms with Gasteiger partial charge in [0.15, 0.2) is 0 Å². The summed E-state index contributed by atoms with van der Waals surface area (Å²) in [6.07, 6.45) is -3.07. The summed E-state index contributed by atoms with van der Waals surface area (Å²) >= 11 is 0. The van der Waals surface area contributed by atoms with Crippen LogP contribution in [0.4, 0.5) is 24.8 Å². The molecule has 1 N–H and O–H groups in total. The summed E-state index contributed by atoms with van der Waals surface area (Å²) in [7, 11) is 0. The first-order valence-corrected chi connectivity index (χ1v) is 5.58. The van der Waals surface area contributed by atoms with Crippen LogP contribution in [0.1, 0.15) is 16.8 Å². The summed E-state index contributed by atoms with van der Waals surface area (Å²) in [6, 6.07) is 7.07. The number of nitriles is 1. The zero-order valence-electron chi connectivity index (χ0n) is 10.4. The topological polar surface area (TPSA) is 61.6 Å². The fraction of sp³-hybridized carbons (Fsp3) is 0.154. The van der Waals surface area contributed by atoms with Gasteiger partial charge in [-0.15, -0.1) is 0 Å². The van der Waals surface area contributed by atoms with Crippen molar-refractivity contribution in [3.05, 3.63) is 47.3 Å². The monoisotopic (exact) mass is 278 g/mol. The molecule has 102 valence electrons. The third-order valence-corrected chi connectivity index (χ3v) is 2.57. The van der Waals surface area contributed by atoms with E-state index in [1.165, 1.54) is 31.3 Å². The predicted molar refractivity (Wildman–Crippen MR) is 66.2 cm³/mol. The number of rotatable bonds is 2. The molecule has 1 aromatic carbocycles. The molecule has 0 bridgehead atoms. The number of alkyl halides is 3. The maximum atomic E-state index is 12.8. The van der Waals surface area contributed by atoms with Crippen LogP contribution in [0.25, 0.3) is 0 Å². The Labute approximate surface area is 112 Å². The van der Waals surface area contributed by atoms with E-state index in [4.69, 9.17) is 5.26 Å². The van der Waals surface area contributed by atoms with Crippen molar-refractivity contribution in [2.75, 3.05) is 5.32 Å². The maximum absolute atomic E-state index is 12.8. The van der Waals surface area contributed by atoms with Crippen molar-refractivity contribution >= 4 is 11.6 Å². The minimum absolute atomic E-state index is 0.0704. The molecule has 0 aliphatic heterocycles. The molecule has 0 fully saturated rings. The van der Waals surface area contributed by atoms with Crippen LogP contribution in [0, 0.1) is 18.3 Å². The van der Waals surface area contributed by atoms with Gasteiger partial charge in [-0.05, 0) is 30.7 Å². The molecule has 7 heteroatoms. The van der Waals surface area contributed by atoms with Crippen LogP contribution in [0.5, 0.6) is 0 Å². The van der Waals surface area contributed by atoms with Gasteiger partial charge in [0.05, 0.1) is 5.56 Å². The molecule has 0 amide bonds. The summed E-state index contributed by atoms with van der Waals surface area (Å²) in [5.74, 6) is 0.0704. The minimum Gasteiger partial charge on any atom is -0.324 e. The van der Waals surface area contributed by atoms with Crippen molar-refractivity contribution in [2.24, 2.45) is 0 Å². The molecule has 0 saturated heterocycles. The van der Waals surface area contributed by atoms with Gasteiger partial charge >= 0.3 is 6.18 Å². The van der Waals surface area contributed by atoms with Gasteiger partial charge in [-0.2, -0.15) is 18.4 Å². The van der Waals surface area contributed by atoms with Crippen LogP contribution in [-0.4, -0.2) is 9.97 Å². The zero-order chi connectivity index (χ0) is 14.8. The van der Waals surface area contributed by atoms with E-state index in [9.17, 15) is 13.2 Å². The lowest BCUT2D eigenvalue weighted by Crippen LogP contribution is -2.08. The van der Waals surface area contributed by atoms with Crippen LogP contribution < -0.4 is 5.32 Å². The standard InChI is InChI=1S/C13H9F3N4/c1-8-2-3-9(6-11(8)13(14,15)16)19-12-18-5-4-10(7-17)20-12/h2-6H,1H3,(H,18,19,20). The van der Waals surface area contributed by atoms with Gasteiger partial charge in [0.2, 0.25) is 5.95 Å². The molecule has 0 aliphatic carbocycles. The molecule has 4 nitrogen and oxygen atoms in total. The van der Waals surface area contributed by atoms with Crippen LogP contribution >= 0.6 is 0 Å². The van der Waals surface area contributed by atoms with Crippen LogP contribution in [-0.2, 0) is 6.18 Å². The number of hydrogen-bond acceptors (Lipinski definition) is 4. The molecule has 20 heavy (non-hydrogen) atoms. The molecule has 1 heterocycles. The van der Waals surface area contributed by atoms with Crippen LogP contribution in [0.3, 0.4) is 0 Å². The lowest BCUT2D eigenvalue weighted by molar-refractivity contribution is -0.138. The van der Waals surface area contributed by atoms with Gasteiger partial charge < -0.3 is 5.32 Å². The lowest BCUT2D eigenvalue weighted by atomic mass is 10.1. The van der Waals surface area contributed by atoms with Crippen molar-refractivity contribution < 1.29 is 13.2 Å². The van der Waals surface area contributed by atoms with Crippen LogP contribution in [0.15, 0.2) is 30.5 Å². The van der Waals surface area contributed by atoms with E-state index in [0.717, 1.165) is 6.07 Å². The van der Waals surface area contributed by atoms with Crippen LogP contribution in [0.2, 0.25) is 0 Å². The van der Waals surface area contributed by atoms with E-state index in [2.05, 4.69) is 15.3 Å². The second kappa shape index (κ2) is 5.17. The second-order valence-electron chi connectivity index (χ2n) is 4.03. The van der Waals surface area contributed by atoms with Crippen molar-refractivity contribution in [2.45, 2.75) is 13.1 Å². The minimum atomic E-state index is -4.42. The SMILES string of the molecule is Cc1ccc(Nc2nccc(C#N)n2)cc1C(F)(F)F. The first kappa shape index (κ1) is 13.8. The number of aryl methyl sites for hydroxylation is 1. The van der Waals surface area contributed by atoms with Crippen molar-refractivity contribution in [1.82, 2.24) is 9.97 Å². The highest BCUT2D eigenvalue weighted by molar-refractivity contribution is 5.56. The fourth-order valence-corrected chi connectivity index (χ4v) is 1.62. The molecule has 0 saturated carbocycles. The molecule has 0 radical (unpaired) electrons. The van der Waals surface area contributed by atoms with E-state index < -0.39 is 11.7 Å². The number of nitrogens with one attached hydrogen (secondary N) is 1. The van der Waals surface area contributed by atoms with Crippen molar-refractivity contribution in [3.63, 3.8) is 0 Å². The summed E-state index contributed by atoms with van der Waals surface area (Å²) in [5, 5.41) is 11.3. The van der Waals surface area contributed by atoms with Gasteiger partial charge in [0, 0.05) is 11.9 Å². The molecule has 0 aliphatic rings. The highest BCUT2D eigenvalue weighted by atomic mass is 19.4. The average molecular weight is 278 g/mol. The lowest BCUT2D eigenvalue weighted by Gasteiger charge is -2.12. The molecule has 2 aromatic rings. The number of aromatic nitrogens is 2. The Morgan fingerprint density at radius 3 is 2.65 bits per heavy atom. The van der Waals surface area contributed by atoms with Crippen molar-refractivity contribution in [1.29, 1.82) is 5.26 Å². The van der Waals surface area contributed by atoms with Gasteiger partial charge in [-0.3, -0.25) is 0 Å². The van der Waals surface area contributed by atoms with Crippen molar-refractivity contribution in [3.8, 4) is 6.07 Å². The second-order valence-corrected chi connectivity index (χ2v) is 4.03. The van der Waals surface area contributed by atoms with Gasteiger partial charge in [0.25, 0.3) is 0 Å². The predicted octanol–water partition coefficient (Wildman–Crippen LogP) is 3.42. The smallest absolute Gasteiger partial charge is 0.324 e. The van der Waals surface area contributed by atoms with E-state index in [0.29, 0.717) is 0 Å². The summed E-state index contributed by atoms with van der Waals surface area (Å²) in [6.45, 7) is 1.39. The quantitative estimate of drug-likeness (QED) is 0.914. The normalized spacial score (nSPS) is 10.9. The average Bonchev–Trinajstić information content (AvgIpc) is 2.40. The van der Waals surface area contributed by atoms with Gasteiger partial charge in [-0.25, -0.2) is 9.97 Å². The molecular formula is C13H9F3N4. The molecule has 0 unspecified atom stereocenters. The summed E-state index contributed by atoms with van der Waals surface area (Å²) < 4.78 is 38.4. The third kappa shape index (κ3) is 3.03. The Hall–Kier alpha value is -2.62. The Morgan fingerprint density at radius 2 is 2.00 bits per heavy atom. The largest absolute Gasteiger partial charge is 0.416 e. The van der Waals surface area contributed by atoms with E-state index in [1.807, 2.05) is 6.07 Å². The summed E-state index contributed by atoms with van der Waals surface area (Å²) in [5.41, 5.74) is -0.252. The molecule has 0 spiro atoms. The molecule has 0 atom stereocenters. The number of anilines is 2. The van der Waals surface area contributed by atoms with Gasteiger partial charge in [0.1, 0.15) is 11.8 Å². The van der Waals surface area contributed by atoms with E-state index >= 15 is 0 Å². The maximum Gasteiger partial charge on any atom is 0.416 e. The highest BCUT2D eigenvalue weighted by Gasteiger charge is 2.32. The fourth-order valence-electron chi connectivity index (χ4n) is 1.62. The Kier molecular flexibility index (Phi) is 3.57. The van der Waals surface area contributed by atoms with E-state index in [1.54, 1.807) is 0 Å². The number of nitrogens with zero attached hydrogens (tertiary/aromatic N) is 3. The zero-order valence-corrected chi connectivity index (χ0v) is 10.4. The van der Waals surface area contributed by atoms with Gasteiger partial charge in [-0.1, -0.05) is 6.07 Å². The number of hydrogen-bond donors (Lipinski definition) is 1. The summed E-state index contributed by atoms with van der Waals surface area (Å²) in [4.78, 5) is 7.68. The first-order valence-electron chi connectivity index (χ1n) is 5.58. The number of benzene rings is 1. The molecule has 2 rings (SSSR count).